The molecule has 0 atom stereocenters. The lowest BCUT2D eigenvalue weighted by Crippen LogP contribution is -2.27. The number of carbonyl (C=O) groups excluding carboxylic acids is 1. The Balaban J connectivity index is 1.58. The highest BCUT2D eigenvalue weighted by Gasteiger charge is 2.16. The van der Waals surface area contributed by atoms with Crippen molar-refractivity contribution in [1.82, 2.24) is 14.9 Å². The van der Waals surface area contributed by atoms with Crippen LogP contribution in [0.4, 0.5) is 4.39 Å². The standard InChI is InChI=1S/C27H28FN3O2/c1-17(2)23-13-21(18(3)12-25(23)33-4)15-30-26(32)16-31-24(19-7-9-22(28)10-8-19)14-20-6-5-11-29-27(20)31/h5-14,17H,15-16H2,1-4H3,(H,30,32). The number of nitrogens with zero attached hydrogens (tertiary/aromatic N) is 2. The Morgan fingerprint density at radius 1 is 1.15 bits per heavy atom. The van der Waals surface area contributed by atoms with Crippen molar-refractivity contribution in [3.8, 4) is 17.0 Å². The summed E-state index contributed by atoms with van der Waals surface area (Å²) in [6.45, 7) is 6.80. The zero-order valence-corrected chi connectivity index (χ0v) is 19.4. The monoisotopic (exact) mass is 445 g/mol. The van der Waals surface area contributed by atoms with E-state index in [1.807, 2.05) is 35.8 Å². The lowest BCUT2D eigenvalue weighted by Gasteiger charge is -2.17. The third-order valence-corrected chi connectivity index (χ3v) is 5.88. The Labute approximate surface area is 193 Å². The van der Waals surface area contributed by atoms with Crippen LogP contribution >= 0.6 is 0 Å². The second kappa shape index (κ2) is 9.45. The normalized spacial score (nSPS) is 11.2. The van der Waals surface area contributed by atoms with Gasteiger partial charge in [-0.05, 0) is 89.7 Å². The zero-order chi connectivity index (χ0) is 23.5. The Kier molecular flexibility index (Phi) is 6.45. The quantitative estimate of drug-likeness (QED) is 0.403. The fourth-order valence-corrected chi connectivity index (χ4v) is 4.06. The first kappa shape index (κ1) is 22.5. The molecule has 0 fully saturated rings. The van der Waals surface area contributed by atoms with Crippen LogP contribution in [0.2, 0.25) is 0 Å². The average Bonchev–Trinajstić information content (AvgIpc) is 3.16. The average molecular weight is 446 g/mol. The Morgan fingerprint density at radius 3 is 2.61 bits per heavy atom. The van der Waals surface area contributed by atoms with E-state index in [-0.39, 0.29) is 18.3 Å². The molecule has 0 aliphatic carbocycles. The summed E-state index contributed by atoms with van der Waals surface area (Å²) in [6, 6.07) is 16.2. The van der Waals surface area contributed by atoms with Crippen molar-refractivity contribution in [2.24, 2.45) is 0 Å². The Morgan fingerprint density at radius 2 is 1.91 bits per heavy atom. The second-order valence-electron chi connectivity index (χ2n) is 8.49. The van der Waals surface area contributed by atoms with Crippen molar-refractivity contribution < 1.29 is 13.9 Å². The lowest BCUT2D eigenvalue weighted by molar-refractivity contribution is -0.121. The lowest BCUT2D eigenvalue weighted by atomic mass is 9.96. The highest BCUT2D eigenvalue weighted by atomic mass is 19.1. The number of hydrogen-bond donors (Lipinski definition) is 1. The van der Waals surface area contributed by atoms with Crippen LogP contribution in [0.25, 0.3) is 22.3 Å². The Bertz CT molecular complexity index is 1290. The first-order chi connectivity index (χ1) is 15.9. The second-order valence-corrected chi connectivity index (χ2v) is 8.49. The van der Waals surface area contributed by atoms with Crippen LogP contribution in [0.3, 0.4) is 0 Å². The van der Waals surface area contributed by atoms with Crippen LogP contribution < -0.4 is 10.1 Å². The maximum absolute atomic E-state index is 13.4. The van der Waals surface area contributed by atoms with Gasteiger partial charge in [-0.25, -0.2) is 9.37 Å². The van der Waals surface area contributed by atoms with E-state index in [9.17, 15) is 9.18 Å². The van der Waals surface area contributed by atoms with Gasteiger partial charge in [-0.2, -0.15) is 0 Å². The molecule has 2 aromatic carbocycles. The van der Waals surface area contributed by atoms with E-state index in [1.54, 1.807) is 25.4 Å². The summed E-state index contributed by atoms with van der Waals surface area (Å²) in [4.78, 5) is 17.4. The summed E-state index contributed by atoms with van der Waals surface area (Å²) in [5, 5.41) is 3.97. The fraction of sp³-hybridized carbons (Fsp3) is 0.259. The van der Waals surface area contributed by atoms with E-state index in [0.717, 1.165) is 44.7 Å². The number of hydrogen-bond acceptors (Lipinski definition) is 3. The van der Waals surface area contributed by atoms with E-state index >= 15 is 0 Å². The van der Waals surface area contributed by atoms with Gasteiger partial charge in [-0.3, -0.25) is 4.79 Å². The molecule has 0 saturated carbocycles. The largest absolute Gasteiger partial charge is 0.496 e. The van der Waals surface area contributed by atoms with E-state index in [0.29, 0.717) is 12.5 Å². The summed E-state index contributed by atoms with van der Waals surface area (Å²) >= 11 is 0. The van der Waals surface area contributed by atoms with Crippen LogP contribution in [0.1, 0.15) is 36.5 Å². The summed E-state index contributed by atoms with van der Waals surface area (Å²) in [7, 11) is 1.68. The molecule has 1 N–H and O–H groups in total. The molecule has 4 aromatic rings. The number of pyridine rings is 1. The van der Waals surface area contributed by atoms with Crippen LogP contribution in [-0.4, -0.2) is 22.6 Å². The SMILES string of the molecule is COc1cc(C)c(CNC(=O)Cn2c(-c3ccc(F)cc3)cc3cccnc32)cc1C(C)C. The van der Waals surface area contributed by atoms with Gasteiger partial charge < -0.3 is 14.6 Å². The van der Waals surface area contributed by atoms with Crippen molar-refractivity contribution in [3.05, 3.63) is 83.3 Å². The topological polar surface area (TPSA) is 56.1 Å². The van der Waals surface area contributed by atoms with E-state index < -0.39 is 0 Å². The van der Waals surface area contributed by atoms with Gasteiger partial charge in [0.25, 0.3) is 0 Å². The highest BCUT2D eigenvalue weighted by molar-refractivity contribution is 5.87. The number of methoxy groups -OCH3 is 1. The molecule has 5 nitrogen and oxygen atoms in total. The summed E-state index contributed by atoms with van der Waals surface area (Å²) in [5.74, 6) is 0.757. The molecule has 2 heterocycles. The highest BCUT2D eigenvalue weighted by Crippen LogP contribution is 2.30. The van der Waals surface area contributed by atoms with Gasteiger partial charge in [0.2, 0.25) is 5.91 Å². The minimum atomic E-state index is -0.298. The number of amides is 1. The van der Waals surface area contributed by atoms with E-state index in [2.05, 4.69) is 30.2 Å². The van der Waals surface area contributed by atoms with Gasteiger partial charge in [0, 0.05) is 18.1 Å². The molecule has 0 unspecified atom stereocenters. The van der Waals surface area contributed by atoms with Gasteiger partial charge in [0.05, 0.1) is 12.8 Å². The van der Waals surface area contributed by atoms with Gasteiger partial charge in [-0.1, -0.05) is 13.8 Å². The van der Waals surface area contributed by atoms with E-state index in [1.165, 1.54) is 12.1 Å². The molecule has 0 aliphatic rings. The molecular formula is C27H28FN3O2. The number of fused-ring (bicyclic) bond motifs is 1. The van der Waals surface area contributed by atoms with Crippen molar-refractivity contribution in [2.45, 2.75) is 39.8 Å². The number of halogens is 1. The minimum absolute atomic E-state index is 0.111. The van der Waals surface area contributed by atoms with Crippen molar-refractivity contribution >= 4 is 16.9 Å². The van der Waals surface area contributed by atoms with Crippen LogP contribution in [0.15, 0.2) is 60.8 Å². The summed E-state index contributed by atoms with van der Waals surface area (Å²) < 4.78 is 20.8. The van der Waals surface area contributed by atoms with Crippen LogP contribution in [-0.2, 0) is 17.9 Å². The van der Waals surface area contributed by atoms with Crippen molar-refractivity contribution in [3.63, 3.8) is 0 Å². The van der Waals surface area contributed by atoms with Gasteiger partial charge in [0.15, 0.2) is 0 Å². The molecule has 4 rings (SSSR count). The third-order valence-electron chi connectivity index (χ3n) is 5.88. The fourth-order valence-electron chi connectivity index (χ4n) is 4.06. The third kappa shape index (κ3) is 4.75. The molecule has 6 heteroatoms. The molecule has 0 bridgehead atoms. The maximum Gasteiger partial charge on any atom is 0.240 e. The number of ether oxygens (including phenoxy) is 1. The number of carbonyl (C=O) groups is 1. The number of aromatic nitrogens is 2. The first-order valence-electron chi connectivity index (χ1n) is 11.0. The smallest absolute Gasteiger partial charge is 0.240 e. The molecule has 0 aliphatic heterocycles. The number of benzene rings is 2. The molecule has 0 spiro atoms. The predicted molar refractivity (Wildman–Crippen MR) is 129 cm³/mol. The van der Waals surface area contributed by atoms with Crippen LogP contribution in [0, 0.1) is 12.7 Å². The van der Waals surface area contributed by atoms with Gasteiger partial charge >= 0.3 is 0 Å². The van der Waals surface area contributed by atoms with Crippen LogP contribution in [0.5, 0.6) is 5.75 Å². The first-order valence-corrected chi connectivity index (χ1v) is 11.0. The maximum atomic E-state index is 13.4. The molecule has 33 heavy (non-hydrogen) atoms. The molecule has 0 saturated heterocycles. The van der Waals surface area contributed by atoms with Gasteiger partial charge in [0.1, 0.15) is 23.8 Å². The van der Waals surface area contributed by atoms with Crippen molar-refractivity contribution in [2.75, 3.05) is 7.11 Å². The van der Waals surface area contributed by atoms with Crippen molar-refractivity contribution in [1.29, 1.82) is 0 Å². The van der Waals surface area contributed by atoms with E-state index in [4.69, 9.17) is 4.74 Å². The molecule has 170 valence electrons. The number of nitrogens with one attached hydrogen (secondary N) is 1. The molecule has 0 radical (unpaired) electrons. The molecule has 1 amide bonds. The summed E-state index contributed by atoms with van der Waals surface area (Å²) in [6.07, 6.45) is 1.71. The molecular weight excluding hydrogens is 417 g/mol. The number of rotatable bonds is 7. The minimum Gasteiger partial charge on any atom is -0.496 e. The summed E-state index contributed by atoms with van der Waals surface area (Å²) in [5.41, 5.74) is 5.61. The predicted octanol–water partition coefficient (Wildman–Crippen LogP) is 5.60. The molecule has 2 aromatic heterocycles. The van der Waals surface area contributed by atoms with Gasteiger partial charge in [-0.15, -0.1) is 0 Å². The zero-order valence-electron chi connectivity index (χ0n) is 19.4. The number of aryl methyl sites for hydroxylation is 1. The Hall–Kier alpha value is -3.67.